The highest BCUT2D eigenvalue weighted by molar-refractivity contribution is 7.26. The van der Waals surface area contributed by atoms with Crippen LogP contribution in [0.4, 0.5) is 0 Å². The Kier molecular flexibility index (Phi) is 6.09. The van der Waals surface area contributed by atoms with E-state index in [0.29, 0.717) is 0 Å². The van der Waals surface area contributed by atoms with Crippen LogP contribution < -0.4 is 0 Å². The lowest BCUT2D eigenvalue weighted by molar-refractivity contribution is 1.17. The third kappa shape index (κ3) is 4.25. The highest BCUT2D eigenvalue weighted by Gasteiger charge is 2.20. The molecule has 0 fully saturated rings. The van der Waals surface area contributed by atoms with Gasteiger partial charge in [0.05, 0.1) is 38.0 Å². The Bertz CT molecular complexity index is 3080. The van der Waals surface area contributed by atoms with Crippen molar-refractivity contribution in [2.45, 2.75) is 0 Å². The fraction of sp³-hybridized carbons (Fsp3) is 0. The minimum atomic E-state index is 0.738. The summed E-state index contributed by atoms with van der Waals surface area (Å²) in [5.41, 5.74) is 11.1. The summed E-state index contributed by atoms with van der Waals surface area (Å²) in [7, 11) is 0. The quantitative estimate of drug-likeness (QED) is 0.187. The maximum atomic E-state index is 5.24. The van der Waals surface area contributed by atoms with Crippen LogP contribution in [-0.4, -0.2) is 19.1 Å². The molecule has 0 aliphatic heterocycles. The molecule has 0 N–H and O–H groups in total. The van der Waals surface area contributed by atoms with E-state index in [-0.39, 0.29) is 0 Å². The first-order valence-corrected chi connectivity index (χ1v) is 18.0. The molecule has 11 rings (SSSR count). The molecule has 238 valence electrons. The minimum absolute atomic E-state index is 0.738. The number of hydrogen-bond donors (Lipinski definition) is 0. The Hall–Kier alpha value is -6.56. The highest BCUT2D eigenvalue weighted by Crippen LogP contribution is 2.42. The smallest absolute Gasteiger partial charge is 0.160 e. The van der Waals surface area contributed by atoms with Crippen LogP contribution in [0, 0.1) is 0 Å². The molecule has 0 spiro atoms. The van der Waals surface area contributed by atoms with Gasteiger partial charge in [0.15, 0.2) is 5.82 Å². The monoisotopic (exact) mass is 668 g/mol. The van der Waals surface area contributed by atoms with Gasteiger partial charge in [-0.15, -0.1) is 11.3 Å². The summed E-state index contributed by atoms with van der Waals surface area (Å²) >= 11 is 1.77. The van der Waals surface area contributed by atoms with Gasteiger partial charge in [-0.2, -0.15) is 0 Å². The molecule has 4 aromatic heterocycles. The van der Waals surface area contributed by atoms with E-state index in [1.54, 1.807) is 11.3 Å². The second-order valence-corrected chi connectivity index (χ2v) is 14.1. The average Bonchev–Trinajstić information content (AvgIpc) is 3.85. The van der Waals surface area contributed by atoms with E-state index in [1.807, 2.05) is 18.2 Å². The summed E-state index contributed by atoms with van der Waals surface area (Å²) in [5, 5.41) is 6.12. The molecule has 11 aromatic rings. The van der Waals surface area contributed by atoms with Gasteiger partial charge in [-0.3, -0.25) is 0 Å². The number of hydrogen-bond acceptors (Lipinski definition) is 3. The molecular formula is C46H28N4S. The number of para-hydroxylation sites is 3. The number of benzene rings is 7. The Balaban J connectivity index is 1.15. The zero-order chi connectivity index (χ0) is 33.5. The van der Waals surface area contributed by atoms with Crippen molar-refractivity contribution in [1.29, 1.82) is 0 Å². The van der Waals surface area contributed by atoms with Gasteiger partial charge in [-0.05, 0) is 54.6 Å². The first-order chi connectivity index (χ1) is 25.3. The Morgan fingerprint density at radius 1 is 0.392 bits per heavy atom. The summed E-state index contributed by atoms with van der Waals surface area (Å²) in [6.45, 7) is 0. The summed E-state index contributed by atoms with van der Waals surface area (Å²) in [5.74, 6) is 0.738. The van der Waals surface area contributed by atoms with Crippen LogP contribution in [0.1, 0.15) is 0 Å². The van der Waals surface area contributed by atoms with Crippen molar-refractivity contribution in [3.63, 3.8) is 0 Å². The number of fused-ring (bicyclic) bond motifs is 9. The van der Waals surface area contributed by atoms with E-state index >= 15 is 0 Å². The maximum Gasteiger partial charge on any atom is 0.160 e. The lowest BCUT2D eigenvalue weighted by Gasteiger charge is -2.11. The first-order valence-electron chi connectivity index (χ1n) is 17.2. The molecule has 0 saturated carbocycles. The van der Waals surface area contributed by atoms with E-state index in [0.717, 1.165) is 49.6 Å². The molecule has 0 unspecified atom stereocenters. The number of rotatable bonds is 4. The molecule has 0 saturated heterocycles. The van der Waals surface area contributed by atoms with Crippen LogP contribution in [0.5, 0.6) is 0 Å². The topological polar surface area (TPSA) is 35.6 Å². The standard InChI is InChI=1S/C46H28N4S/c1-3-13-29(14-4-1)43-45-44(48-46(47-43)30-15-5-2-6-16-30)37-28-32(24-26-42(37)51-45)50-40-22-12-9-19-35(40)36-27-31(23-25-41(36)50)49-38-20-10-7-17-33(38)34-18-8-11-21-39(34)49/h1-28H. The fourth-order valence-electron chi connectivity index (χ4n) is 7.86. The van der Waals surface area contributed by atoms with Crippen molar-refractivity contribution in [3.8, 4) is 34.0 Å². The summed E-state index contributed by atoms with van der Waals surface area (Å²) in [6, 6.07) is 60.6. The first kappa shape index (κ1) is 28.3. The maximum absolute atomic E-state index is 5.24. The van der Waals surface area contributed by atoms with Gasteiger partial charge in [0.1, 0.15) is 0 Å². The molecule has 7 aromatic carbocycles. The summed E-state index contributed by atoms with van der Waals surface area (Å²) in [4.78, 5) is 10.4. The third-order valence-electron chi connectivity index (χ3n) is 10.1. The Morgan fingerprint density at radius 3 is 1.51 bits per heavy atom. The van der Waals surface area contributed by atoms with Crippen molar-refractivity contribution in [3.05, 3.63) is 170 Å². The highest BCUT2D eigenvalue weighted by atomic mass is 32.1. The van der Waals surface area contributed by atoms with Gasteiger partial charge in [-0.25, -0.2) is 9.97 Å². The van der Waals surface area contributed by atoms with Gasteiger partial charge in [0.25, 0.3) is 0 Å². The van der Waals surface area contributed by atoms with Crippen LogP contribution >= 0.6 is 11.3 Å². The molecule has 0 bridgehead atoms. The molecular weight excluding hydrogens is 641 g/mol. The van der Waals surface area contributed by atoms with Crippen molar-refractivity contribution < 1.29 is 0 Å². The average molecular weight is 669 g/mol. The SMILES string of the molecule is c1ccc(-c2nc(-c3ccccc3)c3sc4ccc(-n5c6ccccc6c6cc(-n7c8ccccc8c8ccccc87)ccc65)cc4c3n2)cc1. The predicted molar refractivity (Wildman–Crippen MR) is 214 cm³/mol. The molecule has 4 nitrogen and oxygen atoms in total. The van der Waals surface area contributed by atoms with Crippen molar-refractivity contribution in [2.24, 2.45) is 0 Å². The molecule has 5 heteroatoms. The molecule has 0 radical (unpaired) electrons. The van der Waals surface area contributed by atoms with Gasteiger partial charge in [0.2, 0.25) is 0 Å². The van der Waals surface area contributed by atoms with Crippen molar-refractivity contribution in [1.82, 2.24) is 19.1 Å². The predicted octanol–water partition coefficient (Wildman–Crippen LogP) is 12.4. The van der Waals surface area contributed by atoms with Gasteiger partial charge >= 0.3 is 0 Å². The molecule has 51 heavy (non-hydrogen) atoms. The van der Waals surface area contributed by atoms with Crippen LogP contribution in [0.3, 0.4) is 0 Å². The number of nitrogens with zero attached hydrogens (tertiary/aromatic N) is 4. The van der Waals surface area contributed by atoms with Gasteiger partial charge < -0.3 is 9.13 Å². The van der Waals surface area contributed by atoms with E-state index in [2.05, 4.69) is 161 Å². The normalized spacial score (nSPS) is 11.9. The van der Waals surface area contributed by atoms with Gasteiger partial charge in [-0.1, -0.05) is 115 Å². The lowest BCUT2D eigenvalue weighted by Crippen LogP contribution is -1.96. The minimum Gasteiger partial charge on any atom is -0.309 e. The zero-order valence-corrected chi connectivity index (χ0v) is 28.2. The van der Waals surface area contributed by atoms with Crippen LogP contribution in [0.15, 0.2) is 170 Å². The fourth-order valence-corrected chi connectivity index (χ4v) is 8.99. The van der Waals surface area contributed by atoms with Crippen molar-refractivity contribution >= 4 is 75.3 Å². The zero-order valence-electron chi connectivity index (χ0n) is 27.4. The van der Waals surface area contributed by atoms with E-state index in [9.17, 15) is 0 Å². The van der Waals surface area contributed by atoms with Gasteiger partial charge in [0, 0.05) is 54.1 Å². The number of thiophene rings is 1. The molecule has 0 aliphatic rings. The Labute approximate surface area is 297 Å². The van der Waals surface area contributed by atoms with E-state index in [1.165, 1.54) is 48.3 Å². The number of aromatic nitrogens is 4. The Morgan fingerprint density at radius 2 is 0.882 bits per heavy atom. The van der Waals surface area contributed by atoms with Crippen LogP contribution in [0.25, 0.3) is 97.9 Å². The largest absolute Gasteiger partial charge is 0.309 e. The van der Waals surface area contributed by atoms with Crippen LogP contribution in [0.2, 0.25) is 0 Å². The third-order valence-corrected chi connectivity index (χ3v) is 11.3. The molecule has 0 aliphatic carbocycles. The second kappa shape index (κ2) is 11.0. The molecule has 4 heterocycles. The van der Waals surface area contributed by atoms with Crippen LogP contribution in [-0.2, 0) is 0 Å². The van der Waals surface area contributed by atoms with Crippen molar-refractivity contribution in [2.75, 3.05) is 0 Å². The molecule has 0 amide bonds. The van der Waals surface area contributed by atoms with E-state index in [4.69, 9.17) is 9.97 Å². The second-order valence-electron chi connectivity index (χ2n) is 13.0. The summed E-state index contributed by atoms with van der Waals surface area (Å²) in [6.07, 6.45) is 0. The molecule has 0 atom stereocenters. The van der Waals surface area contributed by atoms with E-state index < -0.39 is 0 Å². The lowest BCUT2D eigenvalue weighted by atomic mass is 10.1. The summed E-state index contributed by atoms with van der Waals surface area (Å²) < 4.78 is 7.10.